The Morgan fingerprint density at radius 2 is 2.17 bits per heavy atom. The minimum Gasteiger partial charge on any atom is -0.465 e. The van der Waals surface area contributed by atoms with Crippen LogP contribution in [-0.2, 0) is 9.53 Å². The van der Waals surface area contributed by atoms with Gasteiger partial charge in [-0.25, -0.2) is 9.79 Å². The molecule has 0 radical (unpaired) electrons. The van der Waals surface area contributed by atoms with Gasteiger partial charge in [-0.05, 0) is 31.0 Å². The van der Waals surface area contributed by atoms with Gasteiger partial charge in [-0.2, -0.15) is 0 Å². The Balaban J connectivity index is 2.19. The normalized spacial score (nSPS) is 20.7. The molecule has 6 heteroatoms. The quantitative estimate of drug-likeness (QED) is 0.632. The van der Waals surface area contributed by atoms with Crippen molar-refractivity contribution in [2.24, 2.45) is 10.9 Å². The van der Waals surface area contributed by atoms with Crippen molar-refractivity contribution >= 4 is 29.3 Å². The Hall–Kier alpha value is -1.88. The molecule has 1 aromatic carbocycles. The molecular formula is C17H21ClN2O3. The van der Waals surface area contributed by atoms with E-state index in [0.717, 1.165) is 24.8 Å². The molecule has 2 rings (SSSR count). The second-order valence-corrected chi connectivity index (χ2v) is 6.02. The molecule has 0 fully saturated rings. The third-order valence-electron chi connectivity index (χ3n) is 3.79. The lowest BCUT2D eigenvalue weighted by atomic mass is 9.88. The van der Waals surface area contributed by atoms with E-state index in [2.05, 4.69) is 17.2 Å². The number of aliphatic imine (C=N–C) groups is 1. The second-order valence-electron chi connectivity index (χ2n) is 5.59. The molecule has 1 heterocycles. The molecule has 2 amide bonds. The minimum atomic E-state index is -0.632. The zero-order valence-electron chi connectivity index (χ0n) is 13.3. The van der Waals surface area contributed by atoms with E-state index in [1.165, 1.54) is 0 Å². The van der Waals surface area contributed by atoms with Gasteiger partial charge in [-0.3, -0.25) is 4.79 Å². The van der Waals surface area contributed by atoms with Crippen molar-refractivity contribution in [3.05, 3.63) is 34.9 Å². The largest absolute Gasteiger partial charge is 0.465 e. The summed E-state index contributed by atoms with van der Waals surface area (Å²) >= 11 is 6.02. The number of nitrogens with one attached hydrogen (secondary N) is 1. The van der Waals surface area contributed by atoms with E-state index in [1.54, 1.807) is 25.1 Å². The van der Waals surface area contributed by atoms with Gasteiger partial charge < -0.3 is 10.1 Å². The van der Waals surface area contributed by atoms with Gasteiger partial charge in [0.2, 0.25) is 0 Å². The fourth-order valence-electron chi connectivity index (χ4n) is 2.62. The van der Waals surface area contributed by atoms with Gasteiger partial charge in [0.25, 0.3) is 0 Å². The number of rotatable bonds is 6. The number of benzene rings is 1. The van der Waals surface area contributed by atoms with Gasteiger partial charge in [-0.15, -0.1) is 0 Å². The predicted molar refractivity (Wildman–Crippen MR) is 89.8 cm³/mol. The fraction of sp³-hybridized carbons (Fsp3) is 0.471. The van der Waals surface area contributed by atoms with Crippen LogP contribution in [0.3, 0.4) is 0 Å². The molecule has 1 aliphatic rings. The molecule has 23 heavy (non-hydrogen) atoms. The fourth-order valence-corrected chi connectivity index (χ4v) is 2.82. The van der Waals surface area contributed by atoms with Crippen LogP contribution in [0.5, 0.6) is 0 Å². The molecule has 0 bridgehead atoms. The van der Waals surface area contributed by atoms with E-state index in [0.29, 0.717) is 17.3 Å². The van der Waals surface area contributed by atoms with Crippen molar-refractivity contribution in [3.8, 4) is 0 Å². The summed E-state index contributed by atoms with van der Waals surface area (Å²) < 4.78 is 5.37. The monoisotopic (exact) mass is 336 g/mol. The maximum Gasteiger partial charge on any atom is 0.341 e. The Labute approximate surface area is 141 Å². The zero-order valence-corrected chi connectivity index (χ0v) is 14.1. The van der Waals surface area contributed by atoms with Crippen LogP contribution in [0.15, 0.2) is 29.3 Å². The van der Waals surface area contributed by atoms with Crippen molar-refractivity contribution in [2.45, 2.75) is 39.2 Å². The van der Waals surface area contributed by atoms with Gasteiger partial charge in [0.15, 0.2) is 0 Å². The molecule has 2 atom stereocenters. The van der Waals surface area contributed by atoms with Crippen molar-refractivity contribution in [1.82, 2.24) is 5.32 Å². The lowest BCUT2D eigenvalue weighted by Crippen LogP contribution is -2.44. The highest BCUT2D eigenvalue weighted by Crippen LogP contribution is 2.29. The summed E-state index contributed by atoms with van der Waals surface area (Å²) in [4.78, 5) is 28.0. The Morgan fingerprint density at radius 1 is 1.39 bits per heavy atom. The van der Waals surface area contributed by atoms with Gasteiger partial charge in [0, 0.05) is 10.7 Å². The first-order chi connectivity index (χ1) is 11.0. The number of amides is 2. The molecule has 5 nitrogen and oxygen atoms in total. The van der Waals surface area contributed by atoms with Crippen molar-refractivity contribution < 1.29 is 14.3 Å². The molecule has 0 spiro atoms. The highest BCUT2D eigenvalue weighted by Gasteiger charge is 2.37. The molecule has 1 N–H and O–H groups in total. The van der Waals surface area contributed by atoms with Crippen LogP contribution in [0, 0.1) is 5.92 Å². The molecule has 0 aliphatic carbocycles. The van der Waals surface area contributed by atoms with Crippen molar-refractivity contribution in [1.29, 1.82) is 0 Å². The summed E-state index contributed by atoms with van der Waals surface area (Å²) in [5.41, 5.74) is 1.22. The number of carbonyl (C=O) groups is 2. The van der Waals surface area contributed by atoms with Gasteiger partial charge in [-0.1, -0.05) is 43.5 Å². The number of esters is 1. The number of urea groups is 1. The zero-order chi connectivity index (χ0) is 16.8. The van der Waals surface area contributed by atoms with Gasteiger partial charge in [0.1, 0.15) is 5.92 Å². The Bertz CT molecular complexity index is 616. The van der Waals surface area contributed by atoms with E-state index < -0.39 is 18.0 Å². The first-order valence-corrected chi connectivity index (χ1v) is 8.18. The number of unbranched alkanes of at least 4 members (excludes halogenated alkanes) is 2. The van der Waals surface area contributed by atoms with Crippen LogP contribution < -0.4 is 5.32 Å². The lowest BCUT2D eigenvalue weighted by Gasteiger charge is -2.29. The second kappa shape index (κ2) is 8.11. The predicted octanol–water partition coefficient (Wildman–Crippen LogP) is 3.91. The first kappa shape index (κ1) is 17.5. The number of nitrogens with zero attached hydrogens (tertiary/aromatic N) is 1. The lowest BCUT2D eigenvalue weighted by molar-refractivity contribution is -0.147. The van der Waals surface area contributed by atoms with E-state index in [4.69, 9.17) is 16.3 Å². The maximum absolute atomic E-state index is 12.5. The third kappa shape index (κ3) is 4.55. The first-order valence-electron chi connectivity index (χ1n) is 7.80. The van der Waals surface area contributed by atoms with Gasteiger partial charge >= 0.3 is 12.0 Å². The number of ether oxygens (including phenoxy) is 1. The highest BCUT2D eigenvalue weighted by molar-refractivity contribution is 6.30. The Kier molecular flexibility index (Phi) is 6.16. The number of hydrogen-bond acceptors (Lipinski definition) is 3. The molecule has 0 aromatic heterocycles. The van der Waals surface area contributed by atoms with E-state index in [-0.39, 0.29) is 5.97 Å². The SMILES string of the molecule is CCCCCOC(=O)C1C(C)=NC(=O)NC1c1cccc(Cl)c1. The van der Waals surface area contributed by atoms with E-state index in [1.807, 2.05) is 6.07 Å². The molecule has 0 saturated carbocycles. The molecule has 2 unspecified atom stereocenters. The summed E-state index contributed by atoms with van der Waals surface area (Å²) in [6.45, 7) is 4.14. The average molecular weight is 337 g/mol. The number of carbonyl (C=O) groups excluding carboxylic acids is 2. The maximum atomic E-state index is 12.5. The van der Waals surface area contributed by atoms with Crippen LogP contribution in [0.2, 0.25) is 5.02 Å². The van der Waals surface area contributed by atoms with Gasteiger partial charge in [0.05, 0.1) is 12.6 Å². The summed E-state index contributed by atoms with van der Waals surface area (Å²) in [5, 5.41) is 3.29. The van der Waals surface area contributed by atoms with Crippen LogP contribution >= 0.6 is 11.6 Å². The van der Waals surface area contributed by atoms with Crippen LogP contribution in [0.25, 0.3) is 0 Å². The molecule has 124 valence electrons. The standard InChI is InChI=1S/C17H21ClN2O3/c1-3-4-5-9-23-16(21)14-11(2)19-17(22)20-15(14)12-7-6-8-13(18)10-12/h6-8,10,14-15H,3-5,9H2,1-2H3,(H,20,22). The summed E-state index contributed by atoms with van der Waals surface area (Å²) in [6, 6.07) is 6.12. The van der Waals surface area contributed by atoms with E-state index in [9.17, 15) is 9.59 Å². The topological polar surface area (TPSA) is 67.8 Å². The molecular weight excluding hydrogens is 316 g/mol. The third-order valence-corrected chi connectivity index (χ3v) is 4.03. The minimum absolute atomic E-state index is 0.368. The van der Waals surface area contributed by atoms with E-state index >= 15 is 0 Å². The average Bonchev–Trinajstić information content (AvgIpc) is 2.50. The van der Waals surface area contributed by atoms with Crippen molar-refractivity contribution in [2.75, 3.05) is 6.61 Å². The van der Waals surface area contributed by atoms with Crippen molar-refractivity contribution in [3.63, 3.8) is 0 Å². The summed E-state index contributed by atoms with van der Waals surface area (Å²) in [6.07, 6.45) is 2.90. The molecule has 1 aliphatic heterocycles. The molecule has 0 saturated heterocycles. The summed E-state index contributed by atoms with van der Waals surface area (Å²) in [7, 11) is 0. The Morgan fingerprint density at radius 3 is 2.87 bits per heavy atom. The van der Waals surface area contributed by atoms with Crippen LogP contribution in [0.1, 0.15) is 44.7 Å². The number of hydrogen-bond donors (Lipinski definition) is 1. The molecule has 1 aromatic rings. The highest BCUT2D eigenvalue weighted by atomic mass is 35.5. The van der Waals surface area contributed by atoms with Crippen LogP contribution in [0.4, 0.5) is 4.79 Å². The summed E-state index contributed by atoms with van der Waals surface area (Å²) in [5.74, 6) is -1.000. The number of halogens is 1. The smallest absolute Gasteiger partial charge is 0.341 e. The van der Waals surface area contributed by atoms with Crippen LogP contribution in [-0.4, -0.2) is 24.3 Å².